The molecule has 1 fully saturated rings. The Labute approximate surface area is 245 Å². The summed E-state index contributed by atoms with van der Waals surface area (Å²) in [4.78, 5) is 52.7. The van der Waals surface area contributed by atoms with Gasteiger partial charge in [-0.1, -0.05) is 37.8 Å². The third kappa shape index (κ3) is 9.89. The van der Waals surface area contributed by atoms with Crippen LogP contribution < -0.4 is 10.6 Å². The van der Waals surface area contributed by atoms with Gasteiger partial charge in [0.15, 0.2) is 0 Å². The number of esters is 2. The highest BCUT2D eigenvalue weighted by Crippen LogP contribution is 2.42. The third-order valence-electron chi connectivity index (χ3n) is 5.94. The number of hydrogen-bond acceptors (Lipinski definition) is 7. The van der Waals surface area contributed by atoms with E-state index in [1.54, 1.807) is 45.0 Å². The zero-order valence-electron chi connectivity index (χ0n) is 24.3. The Morgan fingerprint density at radius 2 is 1.78 bits per heavy atom. The Morgan fingerprint density at radius 3 is 2.44 bits per heavy atom. The third-order valence-corrected chi connectivity index (χ3v) is 8.97. The molecular weight excluding hydrogens is 565 g/mol. The Hall–Kier alpha value is -3.38. The first-order valence-corrected chi connectivity index (χ1v) is 18.1. The van der Waals surface area contributed by atoms with Gasteiger partial charge in [0.2, 0.25) is 5.91 Å². The minimum absolute atomic E-state index is 0.259. The summed E-state index contributed by atoms with van der Waals surface area (Å²) in [6.45, 7) is 11.7. The Kier molecular flexibility index (Phi) is 10.6. The number of benzene rings is 2. The molecule has 1 heterocycles. The second-order valence-corrected chi connectivity index (χ2v) is 18.7. The summed E-state index contributed by atoms with van der Waals surface area (Å²) in [7, 11) is -1.35. The number of rotatable bonds is 9. The number of thioether (sulfide) groups is 1. The topological polar surface area (TPSA) is 114 Å². The van der Waals surface area contributed by atoms with E-state index in [0.29, 0.717) is 23.4 Å². The molecule has 0 spiro atoms. The van der Waals surface area contributed by atoms with Gasteiger partial charge in [0.25, 0.3) is 0 Å². The van der Waals surface area contributed by atoms with Crippen molar-refractivity contribution in [3.63, 3.8) is 0 Å². The van der Waals surface area contributed by atoms with E-state index in [2.05, 4.69) is 30.3 Å². The van der Waals surface area contributed by atoms with Crippen molar-refractivity contribution in [1.82, 2.24) is 10.2 Å². The lowest BCUT2D eigenvalue weighted by molar-refractivity contribution is -0.163. The van der Waals surface area contributed by atoms with Crippen LogP contribution in [-0.2, 0) is 19.1 Å². The van der Waals surface area contributed by atoms with Crippen LogP contribution in [0.15, 0.2) is 48.5 Å². The predicted octanol–water partition coefficient (Wildman–Crippen LogP) is 5.43. The molecule has 0 unspecified atom stereocenters. The van der Waals surface area contributed by atoms with Gasteiger partial charge in [-0.3, -0.25) is 4.79 Å². The molecule has 12 heteroatoms. The average molecular weight is 604 g/mol. The number of amides is 3. The Bertz CT molecular complexity index is 1280. The summed E-state index contributed by atoms with van der Waals surface area (Å²) < 4.78 is 24.9. The lowest BCUT2D eigenvalue weighted by Gasteiger charge is -2.30. The SMILES string of the molecule is CC(C)(C)OC(=O)[C@@H]1CS[C@H](c2cccc(F)c2)N1C(=O)CNC(=O)Nc1cccc(C(=O)OCC[Si](C)(C)C)c1. The van der Waals surface area contributed by atoms with Crippen molar-refractivity contribution in [2.45, 2.75) is 63.5 Å². The lowest BCUT2D eigenvalue weighted by atomic mass is 10.1. The molecule has 2 N–H and O–H groups in total. The van der Waals surface area contributed by atoms with Crippen LogP contribution in [0, 0.1) is 5.82 Å². The van der Waals surface area contributed by atoms with Crippen LogP contribution in [0.3, 0.4) is 0 Å². The van der Waals surface area contributed by atoms with Gasteiger partial charge in [0, 0.05) is 19.5 Å². The molecule has 222 valence electrons. The van der Waals surface area contributed by atoms with Crippen LogP contribution in [0.5, 0.6) is 0 Å². The highest BCUT2D eigenvalue weighted by atomic mass is 32.2. The zero-order chi connectivity index (χ0) is 30.4. The molecule has 3 rings (SSSR count). The quantitative estimate of drug-likeness (QED) is 0.290. The van der Waals surface area contributed by atoms with Crippen molar-refractivity contribution in [3.8, 4) is 0 Å². The average Bonchev–Trinajstić information content (AvgIpc) is 3.31. The van der Waals surface area contributed by atoms with Crippen LogP contribution in [0.2, 0.25) is 25.7 Å². The maximum Gasteiger partial charge on any atom is 0.338 e. The van der Waals surface area contributed by atoms with E-state index < -0.39 is 61.3 Å². The molecular formula is C29H38FN3O6SSi. The summed E-state index contributed by atoms with van der Waals surface area (Å²) in [6, 6.07) is 11.4. The van der Waals surface area contributed by atoms with Crippen molar-refractivity contribution in [2.24, 2.45) is 0 Å². The maximum absolute atomic E-state index is 14.0. The normalized spacial score (nSPS) is 17.1. The molecule has 0 bridgehead atoms. The molecule has 1 aliphatic heterocycles. The summed E-state index contributed by atoms with van der Waals surface area (Å²) in [6.07, 6.45) is 0. The first-order chi connectivity index (χ1) is 19.1. The summed E-state index contributed by atoms with van der Waals surface area (Å²) in [5.41, 5.74) is 0.394. The number of halogens is 1. The molecule has 0 radical (unpaired) electrons. The van der Waals surface area contributed by atoms with Crippen LogP contribution in [-0.4, -0.2) is 67.4 Å². The van der Waals surface area contributed by atoms with Crippen LogP contribution in [0.25, 0.3) is 0 Å². The van der Waals surface area contributed by atoms with Gasteiger partial charge in [0.1, 0.15) is 22.8 Å². The first kappa shape index (κ1) is 32.1. The smallest absolute Gasteiger partial charge is 0.338 e. The molecule has 3 amide bonds. The lowest BCUT2D eigenvalue weighted by Crippen LogP contribution is -2.49. The van der Waals surface area contributed by atoms with E-state index in [0.717, 1.165) is 6.04 Å². The summed E-state index contributed by atoms with van der Waals surface area (Å²) >= 11 is 1.32. The molecule has 2 atom stereocenters. The number of hydrogen-bond donors (Lipinski definition) is 2. The Balaban J connectivity index is 1.65. The van der Waals surface area contributed by atoms with Gasteiger partial charge in [-0.2, -0.15) is 0 Å². The van der Waals surface area contributed by atoms with Gasteiger partial charge in [-0.05, 0) is 62.7 Å². The second-order valence-electron chi connectivity index (χ2n) is 11.9. The van der Waals surface area contributed by atoms with E-state index in [1.165, 1.54) is 40.9 Å². The molecule has 1 saturated heterocycles. The first-order valence-electron chi connectivity index (χ1n) is 13.4. The van der Waals surface area contributed by atoms with Gasteiger partial charge < -0.3 is 25.0 Å². The number of urea groups is 1. The van der Waals surface area contributed by atoms with E-state index in [1.807, 2.05) is 0 Å². The predicted molar refractivity (Wildman–Crippen MR) is 160 cm³/mol. The van der Waals surface area contributed by atoms with Gasteiger partial charge in [0.05, 0.1) is 18.7 Å². The molecule has 2 aromatic carbocycles. The molecule has 2 aromatic rings. The van der Waals surface area contributed by atoms with Crippen molar-refractivity contribution >= 4 is 49.4 Å². The van der Waals surface area contributed by atoms with Gasteiger partial charge in [-0.15, -0.1) is 11.8 Å². The minimum Gasteiger partial charge on any atom is -0.462 e. The van der Waals surface area contributed by atoms with E-state index in [-0.39, 0.29) is 5.75 Å². The van der Waals surface area contributed by atoms with Gasteiger partial charge >= 0.3 is 18.0 Å². The highest BCUT2D eigenvalue weighted by molar-refractivity contribution is 7.99. The van der Waals surface area contributed by atoms with Crippen molar-refractivity contribution in [1.29, 1.82) is 0 Å². The highest BCUT2D eigenvalue weighted by Gasteiger charge is 2.44. The van der Waals surface area contributed by atoms with Crippen molar-refractivity contribution in [2.75, 3.05) is 24.2 Å². The monoisotopic (exact) mass is 603 g/mol. The molecule has 0 aliphatic carbocycles. The summed E-state index contributed by atoms with van der Waals surface area (Å²) in [5.74, 6) is -1.79. The Morgan fingerprint density at radius 1 is 1.07 bits per heavy atom. The molecule has 0 aromatic heterocycles. The number of anilines is 1. The van der Waals surface area contributed by atoms with Crippen molar-refractivity contribution in [3.05, 3.63) is 65.5 Å². The molecule has 0 saturated carbocycles. The maximum atomic E-state index is 14.0. The fourth-order valence-corrected chi connectivity index (χ4v) is 6.10. The van der Waals surface area contributed by atoms with E-state index in [4.69, 9.17) is 9.47 Å². The van der Waals surface area contributed by atoms with Crippen LogP contribution in [0.1, 0.15) is 42.1 Å². The fourth-order valence-electron chi connectivity index (χ4n) is 3.96. The standard InChI is InChI=1S/C29H38FN3O6SSi/c1-29(2,3)39-27(36)23-18-40-25(19-9-7-11-21(30)15-19)33(23)24(34)17-31-28(37)32-22-12-8-10-20(16-22)26(35)38-13-14-41(4,5)6/h7-12,15-16,23,25H,13-14,17-18H2,1-6H3,(H2,31,32,37)/t23-,25+/m0/s1. The number of carbonyl (C=O) groups excluding carboxylic acids is 4. The molecule has 41 heavy (non-hydrogen) atoms. The largest absolute Gasteiger partial charge is 0.462 e. The van der Waals surface area contributed by atoms with E-state index in [9.17, 15) is 23.6 Å². The number of ether oxygens (including phenoxy) is 2. The van der Waals surface area contributed by atoms with Crippen LogP contribution >= 0.6 is 11.8 Å². The number of nitrogens with one attached hydrogen (secondary N) is 2. The second kappa shape index (κ2) is 13.5. The van der Waals surface area contributed by atoms with Gasteiger partial charge in [-0.25, -0.2) is 18.8 Å². The molecule has 9 nitrogen and oxygen atoms in total. The van der Waals surface area contributed by atoms with Crippen LogP contribution in [0.4, 0.5) is 14.9 Å². The zero-order valence-corrected chi connectivity index (χ0v) is 26.1. The fraction of sp³-hybridized carbons (Fsp3) is 0.448. The minimum atomic E-state index is -1.35. The summed E-state index contributed by atoms with van der Waals surface area (Å²) in [5, 5.41) is 4.49. The molecule has 1 aliphatic rings. The van der Waals surface area contributed by atoms with Crippen molar-refractivity contribution < 1.29 is 33.0 Å². The number of carbonyl (C=O) groups is 4. The number of nitrogens with zero attached hydrogens (tertiary/aromatic N) is 1. The van der Waals surface area contributed by atoms with E-state index >= 15 is 0 Å².